The number of para-hydroxylation sites is 1. The number of nitrogens with zero attached hydrogens (tertiary/aromatic N) is 2. The molecule has 1 N–H and O–H groups in total. The number of rotatable bonds is 2. The molecular weight excluding hydrogens is 414 g/mol. The number of amides is 1. The number of methoxy groups -OCH3 is 1. The van der Waals surface area contributed by atoms with E-state index in [-0.39, 0.29) is 11.9 Å². The van der Waals surface area contributed by atoms with Crippen LogP contribution >= 0.6 is 11.6 Å². The van der Waals surface area contributed by atoms with Crippen LogP contribution in [0.25, 0.3) is 0 Å². The first kappa shape index (κ1) is 18.3. The molecule has 6 nitrogen and oxygen atoms in total. The summed E-state index contributed by atoms with van der Waals surface area (Å²) in [5, 5.41) is 10.2. The molecule has 3 aromatic rings. The van der Waals surface area contributed by atoms with E-state index in [1.165, 1.54) is 0 Å². The number of ether oxygens (including phenoxy) is 2. The number of nitrogens with one attached hydrogen (secondary N) is 1. The maximum Gasteiger partial charge on any atom is 0.306 e. The van der Waals surface area contributed by atoms with Gasteiger partial charge in [-0.1, -0.05) is 54.1 Å². The number of hydrogen-bond donors (Lipinski definition) is 1. The van der Waals surface area contributed by atoms with Crippen LogP contribution in [0.3, 0.4) is 0 Å². The molecule has 3 aliphatic rings. The van der Waals surface area contributed by atoms with Gasteiger partial charge in [0, 0.05) is 17.0 Å². The van der Waals surface area contributed by atoms with E-state index in [0.29, 0.717) is 34.2 Å². The molecule has 0 saturated heterocycles. The van der Waals surface area contributed by atoms with Crippen molar-refractivity contribution in [2.75, 3.05) is 12.4 Å². The van der Waals surface area contributed by atoms with E-state index in [1.54, 1.807) is 30.3 Å². The molecule has 0 unspecified atom stereocenters. The monoisotopic (exact) mass is 431 g/mol. The van der Waals surface area contributed by atoms with E-state index in [1.807, 2.05) is 48.5 Å². The summed E-state index contributed by atoms with van der Waals surface area (Å²) >= 11 is 6.33. The fourth-order valence-corrected chi connectivity index (χ4v) is 4.84. The number of carbonyl (C=O) groups is 1. The number of carbonyl (C=O) groups excluding carboxylic acids is 1. The smallest absolute Gasteiger partial charge is 0.306 e. The van der Waals surface area contributed by atoms with E-state index >= 15 is 0 Å². The zero-order valence-electron chi connectivity index (χ0n) is 16.6. The second kappa shape index (κ2) is 6.49. The zero-order valence-corrected chi connectivity index (χ0v) is 17.4. The molecular formula is C24H18ClN3O3. The topological polar surface area (TPSA) is 63.2 Å². The second-order valence-electron chi connectivity index (χ2n) is 7.75. The molecule has 0 saturated carbocycles. The summed E-state index contributed by atoms with van der Waals surface area (Å²) in [5.41, 5.74) is 2.68. The average molecular weight is 432 g/mol. The molecule has 1 spiro atoms. The Morgan fingerprint density at radius 3 is 2.81 bits per heavy atom. The van der Waals surface area contributed by atoms with Crippen LogP contribution in [0.4, 0.5) is 5.69 Å². The van der Waals surface area contributed by atoms with Crippen LogP contribution in [0.1, 0.15) is 29.2 Å². The first-order chi connectivity index (χ1) is 15.1. The molecule has 6 rings (SSSR count). The minimum Gasteiger partial charge on any atom is -0.493 e. The number of benzene rings is 3. The Morgan fingerprint density at radius 1 is 1.16 bits per heavy atom. The predicted octanol–water partition coefficient (Wildman–Crippen LogP) is 4.70. The van der Waals surface area contributed by atoms with Crippen LogP contribution in [-0.2, 0) is 10.5 Å². The van der Waals surface area contributed by atoms with Crippen LogP contribution in [0.15, 0.2) is 71.8 Å². The molecule has 0 aromatic heterocycles. The van der Waals surface area contributed by atoms with E-state index < -0.39 is 5.72 Å². The third kappa shape index (κ3) is 2.45. The van der Waals surface area contributed by atoms with Gasteiger partial charge in [-0.3, -0.25) is 4.79 Å². The first-order valence-electron chi connectivity index (χ1n) is 10.0. The van der Waals surface area contributed by atoms with Gasteiger partial charge in [0.05, 0.1) is 30.1 Å². The van der Waals surface area contributed by atoms with Gasteiger partial charge in [-0.25, -0.2) is 5.01 Å². The van der Waals surface area contributed by atoms with Crippen molar-refractivity contribution in [3.8, 4) is 11.5 Å². The summed E-state index contributed by atoms with van der Waals surface area (Å²) in [6, 6.07) is 20.9. The minimum absolute atomic E-state index is 0.190. The van der Waals surface area contributed by atoms with Crippen molar-refractivity contribution in [2.24, 2.45) is 5.10 Å². The lowest BCUT2D eigenvalue weighted by atomic mass is 9.92. The highest BCUT2D eigenvalue weighted by atomic mass is 35.5. The zero-order chi connectivity index (χ0) is 21.2. The van der Waals surface area contributed by atoms with E-state index in [0.717, 1.165) is 16.8 Å². The lowest BCUT2D eigenvalue weighted by molar-refractivity contribution is -0.161. The summed E-state index contributed by atoms with van der Waals surface area (Å²) in [5.74, 6) is 0.830. The molecule has 0 radical (unpaired) electrons. The average Bonchev–Trinajstić information content (AvgIpc) is 3.36. The van der Waals surface area contributed by atoms with Crippen molar-refractivity contribution in [3.63, 3.8) is 0 Å². The van der Waals surface area contributed by atoms with E-state index in [9.17, 15) is 4.79 Å². The molecule has 3 aromatic carbocycles. The Hall–Kier alpha value is -3.51. The van der Waals surface area contributed by atoms with E-state index in [4.69, 9.17) is 26.2 Å². The molecule has 3 aliphatic heterocycles. The van der Waals surface area contributed by atoms with Crippen molar-refractivity contribution in [1.29, 1.82) is 0 Å². The molecule has 3 heterocycles. The number of hydrogen-bond acceptors (Lipinski definition) is 5. The highest BCUT2D eigenvalue weighted by Gasteiger charge is 2.61. The van der Waals surface area contributed by atoms with Gasteiger partial charge in [-0.05, 0) is 29.8 Å². The summed E-state index contributed by atoms with van der Waals surface area (Å²) in [4.78, 5) is 13.5. The lowest BCUT2D eigenvalue weighted by Gasteiger charge is -2.44. The molecule has 2 atom stereocenters. The summed E-state index contributed by atoms with van der Waals surface area (Å²) in [6.07, 6.45) is 0.637. The Kier molecular flexibility index (Phi) is 3.83. The molecule has 31 heavy (non-hydrogen) atoms. The predicted molar refractivity (Wildman–Crippen MR) is 118 cm³/mol. The van der Waals surface area contributed by atoms with Crippen molar-refractivity contribution in [1.82, 2.24) is 5.01 Å². The highest BCUT2D eigenvalue weighted by molar-refractivity contribution is 6.31. The van der Waals surface area contributed by atoms with Crippen LogP contribution in [0.2, 0.25) is 5.02 Å². The van der Waals surface area contributed by atoms with Gasteiger partial charge in [0.1, 0.15) is 0 Å². The van der Waals surface area contributed by atoms with Crippen molar-refractivity contribution in [2.45, 2.75) is 18.2 Å². The Balaban J connectivity index is 1.61. The maximum atomic E-state index is 13.5. The SMILES string of the molecule is COc1cccc2c1O[C@]1(C(=O)Nc3ccc(Cl)cc31)N1N=C(c3ccccc3)C[C@@H]21. The summed E-state index contributed by atoms with van der Waals surface area (Å²) in [6.45, 7) is 0. The summed E-state index contributed by atoms with van der Waals surface area (Å²) in [7, 11) is 1.60. The maximum absolute atomic E-state index is 13.5. The van der Waals surface area contributed by atoms with Crippen LogP contribution < -0.4 is 14.8 Å². The Labute approximate surface area is 184 Å². The van der Waals surface area contributed by atoms with E-state index in [2.05, 4.69) is 5.32 Å². The van der Waals surface area contributed by atoms with Gasteiger partial charge >= 0.3 is 5.72 Å². The third-order valence-electron chi connectivity index (χ3n) is 6.08. The number of hydrazone groups is 1. The van der Waals surface area contributed by atoms with Crippen molar-refractivity contribution in [3.05, 3.63) is 88.4 Å². The largest absolute Gasteiger partial charge is 0.493 e. The third-order valence-corrected chi connectivity index (χ3v) is 6.32. The molecule has 0 fully saturated rings. The van der Waals surface area contributed by atoms with Crippen molar-refractivity contribution >= 4 is 28.9 Å². The fourth-order valence-electron chi connectivity index (χ4n) is 4.67. The fraction of sp³-hybridized carbons (Fsp3) is 0.167. The van der Waals surface area contributed by atoms with Gasteiger partial charge in [0.2, 0.25) is 0 Å². The number of halogens is 1. The van der Waals surface area contributed by atoms with Gasteiger partial charge < -0.3 is 14.8 Å². The Bertz CT molecular complexity index is 1260. The van der Waals surface area contributed by atoms with Gasteiger partial charge in [-0.2, -0.15) is 5.10 Å². The Morgan fingerprint density at radius 2 is 2.00 bits per heavy atom. The number of fused-ring (bicyclic) bond motifs is 6. The second-order valence-corrected chi connectivity index (χ2v) is 8.18. The number of anilines is 1. The lowest BCUT2D eigenvalue weighted by Crippen LogP contribution is -2.55. The molecule has 7 heteroatoms. The first-order valence-corrected chi connectivity index (χ1v) is 10.4. The quantitative estimate of drug-likeness (QED) is 0.639. The summed E-state index contributed by atoms with van der Waals surface area (Å²) < 4.78 is 12.1. The highest BCUT2D eigenvalue weighted by Crippen LogP contribution is 2.56. The molecule has 0 aliphatic carbocycles. The van der Waals surface area contributed by atoms with Gasteiger partial charge in [0.25, 0.3) is 5.91 Å². The standard InChI is InChI=1S/C24H18ClN3O3/c1-30-21-9-5-8-16-20-13-19(14-6-3-2-4-7-14)27-28(20)24(31-22(16)21)17-12-15(25)10-11-18(17)26-23(24)29/h2-12,20H,13H2,1H3,(H,26,29)/t20-,24+/m0/s1. The van der Waals surface area contributed by atoms with Crippen LogP contribution in [0, 0.1) is 0 Å². The molecule has 154 valence electrons. The van der Waals surface area contributed by atoms with Crippen molar-refractivity contribution < 1.29 is 14.3 Å². The van der Waals surface area contributed by atoms with Crippen LogP contribution in [-0.4, -0.2) is 23.7 Å². The molecule has 0 bridgehead atoms. The van der Waals surface area contributed by atoms with Gasteiger partial charge in [-0.15, -0.1) is 0 Å². The van der Waals surface area contributed by atoms with Gasteiger partial charge in [0.15, 0.2) is 11.5 Å². The van der Waals surface area contributed by atoms with Crippen LogP contribution in [0.5, 0.6) is 11.5 Å². The minimum atomic E-state index is -1.47. The molecule has 1 amide bonds. The normalized spacial score (nSPS) is 22.9.